The molecule has 1 aliphatic heterocycles. The van der Waals surface area contributed by atoms with Crippen molar-refractivity contribution in [3.63, 3.8) is 0 Å². The zero-order valence-corrected chi connectivity index (χ0v) is 36.5. The van der Waals surface area contributed by atoms with Crippen LogP contribution in [0.3, 0.4) is 0 Å². The normalized spacial score (nSPS) is 13.1. The Kier molecular flexibility index (Phi) is 18.5. The van der Waals surface area contributed by atoms with Crippen molar-refractivity contribution in [1.82, 2.24) is 15.0 Å². The van der Waals surface area contributed by atoms with Crippen molar-refractivity contribution in [2.24, 2.45) is 5.41 Å². The quantitative estimate of drug-likeness (QED) is 0.116. The first-order chi connectivity index (χ1) is 26.2. The number of pyridine rings is 3. The van der Waals surface area contributed by atoms with E-state index in [-0.39, 0.29) is 42.0 Å². The molecule has 0 unspecified atom stereocenters. The Hall–Kier alpha value is -4.27. The van der Waals surface area contributed by atoms with Gasteiger partial charge in [-0.3, -0.25) is 9.97 Å². The summed E-state index contributed by atoms with van der Waals surface area (Å²) in [4.78, 5) is 23.5. The molecule has 5 aromatic rings. The zero-order valence-electron chi connectivity index (χ0n) is 34.1. The van der Waals surface area contributed by atoms with Gasteiger partial charge in [0.15, 0.2) is 11.4 Å². The molecule has 4 heterocycles. The van der Waals surface area contributed by atoms with E-state index in [9.17, 15) is 4.79 Å². The third kappa shape index (κ3) is 15.3. The van der Waals surface area contributed by atoms with Gasteiger partial charge in [-0.05, 0) is 77.6 Å². The number of aromatic carboxylic acids is 1. The second-order valence-corrected chi connectivity index (χ2v) is 16.4. The number of carbonyl (C=O) groups is 1. The Morgan fingerprint density at radius 2 is 1.14 bits per heavy atom. The molecule has 8 nitrogen and oxygen atoms in total. The van der Waals surface area contributed by atoms with Crippen LogP contribution < -0.4 is 4.74 Å². The van der Waals surface area contributed by atoms with Crippen LogP contribution in [0.15, 0.2) is 116 Å². The summed E-state index contributed by atoms with van der Waals surface area (Å²) in [5.74, 6) is -0.734. The summed E-state index contributed by atoms with van der Waals surface area (Å²) < 4.78 is 16.4. The number of unbranched alkanes of at least 4 members (excludes halogenated alkanes) is 3. The van der Waals surface area contributed by atoms with Crippen LogP contribution in [0.2, 0.25) is 0 Å². The van der Waals surface area contributed by atoms with Gasteiger partial charge in [0.1, 0.15) is 0 Å². The molecule has 0 atom stereocenters. The van der Waals surface area contributed by atoms with E-state index in [2.05, 4.69) is 112 Å². The van der Waals surface area contributed by atoms with Crippen LogP contribution in [-0.4, -0.2) is 59.1 Å². The van der Waals surface area contributed by atoms with Crippen LogP contribution in [-0.2, 0) is 40.4 Å². The number of carboxylic acid groups (broad SMARTS) is 1. The molecule has 1 N–H and O–H groups in total. The molecular formula is C47H59IrN3O5+3. The Balaban J connectivity index is 0.000000229. The summed E-state index contributed by atoms with van der Waals surface area (Å²) in [7, 11) is 0. The average molecular weight is 938 g/mol. The Morgan fingerprint density at radius 3 is 1.55 bits per heavy atom. The van der Waals surface area contributed by atoms with Gasteiger partial charge in [0, 0.05) is 41.7 Å². The minimum Gasteiger partial charge on any atom is -0.491 e. The topological polar surface area (TPSA) is 104 Å². The van der Waals surface area contributed by atoms with Gasteiger partial charge in [0.25, 0.3) is 0 Å². The fourth-order valence-electron chi connectivity index (χ4n) is 5.71. The van der Waals surface area contributed by atoms with Crippen LogP contribution in [0, 0.1) is 5.41 Å². The van der Waals surface area contributed by atoms with Gasteiger partial charge in [-0.2, -0.15) is 0 Å². The first-order valence-electron chi connectivity index (χ1n) is 19.3. The Bertz CT molecular complexity index is 1760. The molecule has 298 valence electrons. The average Bonchev–Trinajstić information content (AvgIpc) is 3.17. The summed E-state index contributed by atoms with van der Waals surface area (Å²) >= 11 is 0. The van der Waals surface area contributed by atoms with Crippen molar-refractivity contribution in [2.75, 3.05) is 33.0 Å². The van der Waals surface area contributed by atoms with Crippen molar-refractivity contribution in [1.29, 1.82) is 0 Å². The number of hydrogen-bond donors (Lipinski definition) is 1. The summed E-state index contributed by atoms with van der Waals surface area (Å²) in [6, 6.07) is 32.6. The van der Waals surface area contributed by atoms with Crippen LogP contribution in [0.5, 0.6) is 5.75 Å². The maximum absolute atomic E-state index is 11.0. The van der Waals surface area contributed by atoms with E-state index >= 15 is 0 Å². The van der Waals surface area contributed by atoms with Gasteiger partial charge in [-0.1, -0.05) is 116 Å². The molecule has 1 saturated heterocycles. The molecule has 3 aromatic heterocycles. The van der Waals surface area contributed by atoms with E-state index in [1.165, 1.54) is 28.5 Å². The maximum atomic E-state index is 11.0. The molecule has 1 fully saturated rings. The largest absolute Gasteiger partial charge is 3.00 e. The van der Waals surface area contributed by atoms with Crippen molar-refractivity contribution in [2.45, 2.75) is 85.0 Å². The monoisotopic (exact) mass is 938 g/mol. The third-order valence-corrected chi connectivity index (χ3v) is 9.19. The van der Waals surface area contributed by atoms with Crippen LogP contribution in [0.1, 0.15) is 95.8 Å². The SMILES string of the molecule is CC(C)(C)c1ccc(-c2ccccn2)cc1.CC(C)(C)c1ccc(-c2ccccn2)cc1.CC1(COCCCCCCOc2cccnc2C(=O)O)COC1.[Ir+3]. The predicted molar refractivity (Wildman–Crippen MR) is 222 cm³/mol. The van der Waals surface area contributed by atoms with E-state index in [4.69, 9.17) is 19.3 Å². The van der Waals surface area contributed by atoms with Gasteiger partial charge in [0.2, 0.25) is 0 Å². The van der Waals surface area contributed by atoms with E-state index in [1.54, 1.807) is 12.1 Å². The van der Waals surface area contributed by atoms with Crippen LogP contribution in [0.4, 0.5) is 0 Å². The fourth-order valence-corrected chi connectivity index (χ4v) is 5.71. The molecule has 56 heavy (non-hydrogen) atoms. The van der Waals surface area contributed by atoms with Gasteiger partial charge in [-0.25, -0.2) is 9.78 Å². The summed E-state index contributed by atoms with van der Waals surface area (Å²) in [5, 5.41) is 9.00. The Labute approximate surface area is 347 Å². The molecular weight excluding hydrogens is 879 g/mol. The first-order valence-corrected chi connectivity index (χ1v) is 19.3. The summed E-state index contributed by atoms with van der Waals surface area (Å²) in [6.07, 6.45) is 9.14. The van der Waals surface area contributed by atoms with E-state index < -0.39 is 5.97 Å². The molecule has 6 rings (SSSR count). The molecule has 2 aromatic carbocycles. The van der Waals surface area contributed by atoms with Crippen molar-refractivity contribution in [3.05, 3.63) is 132 Å². The molecule has 0 aliphatic carbocycles. The number of benzene rings is 2. The van der Waals surface area contributed by atoms with Gasteiger partial charge >= 0.3 is 26.1 Å². The van der Waals surface area contributed by atoms with Crippen LogP contribution in [0.25, 0.3) is 22.5 Å². The second-order valence-electron chi connectivity index (χ2n) is 16.4. The van der Waals surface area contributed by atoms with Crippen molar-refractivity contribution in [3.8, 4) is 28.3 Å². The standard InChI is InChI=1S/C17H25NO5.2C15H17N.Ir/c1-17(12-22-13-17)11-21-9-4-2-3-5-10-23-14-7-6-8-18-15(14)16(19)20;2*1-15(2,3)13-9-7-12(8-10-13)14-6-4-5-11-16-14;/h6-8H,2-5,9-13H2,1H3,(H,19,20);2*4-11H,1-3H3;/q;;;+3. The number of aromatic nitrogens is 3. The maximum Gasteiger partial charge on any atom is 3.00 e. The third-order valence-electron chi connectivity index (χ3n) is 9.19. The summed E-state index contributed by atoms with van der Waals surface area (Å²) in [5.41, 5.74) is 7.73. The number of hydrogen-bond acceptors (Lipinski definition) is 7. The molecule has 0 radical (unpaired) electrons. The minimum absolute atomic E-state index is 0. The number of rotatable bonds is 13. The zero-order chi connectivity index (χ0) is 39.7. The Morgan fingerprint density at radius 1 is 0.661 bits per heavy atom. The van der Waals surface area contributed by atoms with Crippen molar-refractivity contribution >= 4 is 5.97 Å². The van der Waals surface area contributed by atoms with E-state index in [1.807, 2.05) is 48.8 Å². The van der Waals surface area contributed by atoms with Gasteiger partial charge in [0.05, 0.1) is 37.8 Å². The predicted octanol–water partition coefficient (Wildman–Crippen LogP) is 10.9. The minimum atomic E-state index is -1.07. The smallest absolute Gasteiger partial charge is 0.491 e. The fraction of sp³-hybridized carbons (Fsp3) is 0.404. The van der Waals surface area contributed by atoms with Crippen LogP contribution >= 0.6 is 0 Å². The summed E-state index contributed by atoms with van der Waals surface area (Å²) in [6.45, 7) is 19.2. The van der Waals surface area contributed by atoms with Gasteiger partial charge in [-0.15, -0.1) is 0 Å². The molecule has 0 amide bonds. The molecule has 1 aliphatic rings. The van der Waals surface area contributed by atoms with E-state index in [0.717, 1.165) is 63.5 Å². The molecule has 9 heteroatoms. The molecule has 0 spiro atoms. The first kappa shape index (κ1) is 46.1. The number of ether oxygens (including phenoxy) is 3. The molecule has 0 bridgehead atoms. The number of nitrogens with zero attached hydrogens (tertiary/aromatic N) is 3. The van der Waals surface area contributed by atoms with E-state index in [0.29, 0.717) is 12.4 Å². The van der Waals surface area contributed by atoms with Crippen molar-refractivity contribution < 1.29 is 44.2 Å². The second kappa shape index (κ2) is 22.5. The van der Waals surface area contributed by atoms with Gasteiger partial charge < -0.3 is 19.3 Å². The molecule has 0 saturated carbocycles. The number of carboxylic acids is 1.